The number of hydrogen-bond acceptors (Lipinski definition) is 7. The van der Waals surface area contributed by atoms with Gasteiger partial charge in [0, 0.05) is 22.5 Å². The summed E-state index contributed by atoms with van der Waals surface area (Å²) < 4.78 is 4.78. The van der Waals surface area contributed by atoms with Crippen LogP contribution in [0.25, 0.3) is 0 Å². The molecule has 8 heteroatoms. The second-order valence-electron chi connectivity index (χ2n) is 2.65. The fraction of sp³-hybridized carbons (Fsp3) is 0.889. The van der Waals surface area contributed by atoms with Gasteiger partial charge >= 0.3 is 6.09 Å². The summed E-state index contributed by atoms with van der Waals surface area (Å²) >= 11 is 6.79. The smallest absolute Gasteiger partial charge is 0.408 e. The summed E-state index contributed by atoms with van der Waals surface area (Å²) in [5.74, 6) is 2.22. The van der Waals surface area contributed by atoms with Crippen molar-refractivity contribution in [3.63, 3.8) is 0 Å². The van der Waals surface area contributed by atoms with E-state index in [1.807, 2.05) is 35.3 Å². The summed E-state index contributed by atoms with van der Waals surface area (Å²) in [6.45, 7) is 2.78. The Morgan fingerprint density at radius 1 is 1.24 bits per heavy atom. The van der Waals surface area contributed by atoms with Gasteiger partial charge in [0.25, 0.3) is 0 Å². The van der Waals surface area contributed by atoms with Gasteiger partial charge in [0.05, 0.1) is 5.94 Å². The molecule has 17 heavy (non-hydrogen) atoms. The normalized spacial score (nSPS) is 10.2. The van der Waals surface area contributed by atoms with E-state index in [1.165, 1.54) is 0 Å². The van der Waals surface area contributed by atoms with Crippen molar-refractivity contribution in [1.82, 2.24) is 5.32 Å². The number of hydrogen-bond donors (Lipinski definition) is 2. The van der Waals surface area contributed by atoms with Gasteiger partial charge in [-0.25, -0.2) is 4.79 Å². The molecule has 0 aliphatic carbocycles. The van der Waals surface area contributed by atoms with Crippen LogP contribution < -0.4 is 5.32 Å². The molecule has 0 fully saturated rings. The molecule has 0 spiro atoms. The summed E-state index contributed by atoms with van der Waals surface area (Å²) in [4.78, 5) is 11.0. The zero-order chi connectivity index (χ0) is 12.8. The molecule has 4 nitrogen and oxygen atoms in total. The summed E-state index contributed by atoms with van der Waals surface area (Å²) in [6.07, 6.45) is -0.416. The van der Waals surface area contributed by atoms with Gasteiger partial charge in [0.1, 0.15) is 5.94 Å². The first-order chi connectivity index (χ1) is 8.31. The molecule has 0 aromatic rings. The van der Waals surface area contributed by atoms with E-state index in [0.717, 1.165) is 33.4 Å². The van der Waals surface area contributed by atoms with E-state index >= 15 is 0 Å². The van der Waals surface area contributed by atoms with Crippen molar-refractivity contribution in [2.45, 2.75) is 6.92 Å². The van der Waals surface area contributed by atoms with E-state index in [-0.39, 0.29) is 11.9 Å². The van der Waals surface area contributed by atoms with Crippen LogP contribution in [0.5, 0.6) is 0 Å². The third-order valence-corrected chi connectivity index (χ3v) is 5.45. The second-order valence-corrected chi connectivity index (χ2v) is 7.65. The van der Waals surface area contributed by atoms with E-state index < -0.39 is 6.09 Å². The molecule has 0 aliphatic rings. The number of nitrogens with one attached hydrogen (secondary N) is 1. The Bertz CT molecular complexity index is 186. The second kappa shape index (κ2) is 14.7. The lowest BCUT2D eigenvalue weighted by Crippen LogP contribution is -2.26. The third-order valence-electron chi connectivity index (χ3n) is 1.42. The van der Waals surface area contributed by atoms with Crippen molar-refractivity contribution in [2.75, 3.05) is 40.1 Å². The molecule has 0 saturated heterocycles. The molecule has 0 bridgehead atoms. The Morgan fingerprint density at radius 2 is 2.00 bits per heavy atom. The van der Waals surface area contributed by atoms with Crippen LogP contribution in [-0.4, -0.2) is 51.3 Å². The Balaban J connectivity index is 3.08. The molecule has 0 atom stereocenters. The lowest BCUT2D eigenvalue weighted by atomic mass is 10.7. The molecule has 0 unspecified atom stereocenters. The zero-order valence-corrected chi connectivity index (χ0v) is 13.1. The van der Waals surface area contributed by atoms with E-state index in [2.05, 4.69) is 12.2 Å². The number of rotatable bonds is 11. The molecule has 0 rings (SSSR count). The number of aliphatic hydroxyl groups excluding tert-OH is 1. The predicted molar refractivity (Wildman–Crippen MR) is 81.9 cm³/mol. The fourth-order valence-corrected chi connectivity index (χ4v) is 4.18. The summed E-state index contributed by atoms with van der Waals surface area (Å²) in [5, 5.41) is 13.3. The van der Waals surface area contributed by atoms with Crippen LogP contribution in [0, 0.1) is 0 Å². The predicted octanol–water partition coefficient (Wildman–Crippen LogP) is 2.49. The average Bonchev–Trinajstić information content (AvgIpc) is 2.33. The minimum Gasteiger partial charge on any atom is -0.438 e. The molecule has 1 amide bonds. The highest BCUT2D eigenvalue weighted by Gasteiger charge is 2.00. The van der Waals surface area contributed by atoms with Gasteiger partial charge in [0.2, 0.25) is 0 Å². The van der Waals surface area contributed by atoms with Crippen LogP contribution in [-0.2, 0) is 4.74 Å². The van der Waals surface area contributed by atoms with Gasteiger partial charge in [0.15, 0.2) is 0 Å². The lowest BCUT2D eigenvalue weighted by Gasteiger charge is -2.05. The van der Waals surface area contributed by atoms with E-state index in [1.54, 1.807) is 0 Å². The van der Waals surface area contributed by atoms with Crippen molar-refractivity contribution in [3.05, 3.63) is 0 Å². The quantitative estimate of drug-likeness (QED) is 0.448. The topological polar surface area (TPSA) is 58.6 Å². The number of thioether (sulfide) groups is 4. The maximum Gasteiger partial charge on any atom is 0.408 e. The maximum absolute atomic E-state index is 11.0. The first-order valence-corrected chi connectivity index (χ1v) is 9.75. The zero-order valence-electron chi connectivity index (χ0n) is 9.85. The highest BCUT2D eigenvalue weighted by atomic mass is 32.2. The monoisotopic (exact) mass is 317 g/mol. The van der Waals surface area contributed by atoms with Crippen LogP contribution >= 0.6 is 47.0 Å². The Labute approximate surface area is 120 Å². The van der Waals surface area contributed by atoms with E-state index in [4.69, 9.17) is 9.84 Å². The van der Waals surface area contributed by atoms with Crippen molar-refractivity contribution in [3.8, 4) is 0 Å². The van der Waals surface area contributed by atoms with Gasteiger partial charge in [-0.2, -0.15) is 11.8 Å². The van der Waals surface area contributed by atoms with Gasteiger partial charge in [-0.1, -0.05) is 18.7 Å². The molecule has 0 aromatic carbocycles. The fourth-order valence-electron chi connectivity index (χ4n) is 0.703. The molecule has 0 aromatic heterocycles. The molecule has 102 valence electrons. The number of carbonyl (C=O) groups excluding carboxylic acids is 1. The Hall–Kier alpha value is 0.630. The molecule has 0 aliphatic heterocycles. The van der Waals surface area contributed by atoms with Crippen LogP contribution in [0.1, 0.15) is 6.92 Å². The van der Waals surface area contributed by atoms with Crippen LogP contribution in [0.4, 0.5) is 4.79 Å². The average molecular weight is 318 g/mol. The minimum absolute atomic E-state index is 0.0316. The third kappa shape index (κ3) is 14.6. The summed E-state index contributed by atoms with van der Waals surface area (Å²) in [7, 11) is 0. The number of alkyl carbamates (subject to hydrolysis) is 1. The highest BCUT2D eigenvalue weighted by molar-refractivity contribution is 8.22. The van der Waals surface area contributed by atoms with Gasteiger partial charge < -0.3 is 15.2 Å². The SMILES string of the molecule is CCSCSCSCCNC(=O)OCSCO. The largest absolute Gasteiger partial charge is 0.438 e. The first kappa shape index (κ1) is 17.6. The summed E-state index contributed by atoms with van der Waals surface area (Å²) in [6, 6.07) is 0. The Morgan fingerprint density at radius 3 is 2.71 bits per heavy atom. The van der Waals surface area contributed by atoms with Crippen molar-refractivity contribution in [1.29, 1.82) is 0 Å². The van der Waals surface area contributed by atoms with Crippen molar-refractivity contribution < 1.29 is 14.6 Å². The van der Waals surface area contributed by atoms with Gasteiger partial charge in [-0.3, -0.25) is 0 Å². The highest BCUT2D eigenvalue weighted by Crippen LogP contribution is 2.16. The van der Waals surface area contributed by atoms with Gasteiger partial charge in [-0.15, -0.1) is 23.5 Å². The Kier molecular flexibility index (Phi) is 15.2. The van der Waals surface area contributed by atoms with Crippen LogP contribution in [0.15, 0.2) is 0 Å². The van der Waals surface area contributed by atoms with Crippen LogP contribution in [0.2, 0.25) is 0 Å². The molecular formula is C9H19NO3S4. The van der Waals surface area contributed by atoms with E-state index in [9.17, 15) is 4.79 Å². The van der Waals surface area contributed by atoms with E-state index in [0.29, 0.717) is 6.54 Å². The van der Waals surface area contributed by atoms with Crippen molar-refractivity contribution >= 4 is 53.1 Å². The molecule has 2 N–H and O–H groups in total. The first-order valence-electron chi connectivity index (χ1n) is 5.13. The minimum atomic E-state index is -0.416. The molecule has 0 heterocycles. The molecule has 0 radical (unpaired) electrons. The van der Waals surface area contributed by atoms with Gasteiger partial charge in [-0.05, 0) is 5.75 Å². The maximum atomic E-state index is 11.0. The molecule has 0 saturated carbocycles. The van der Waals surface area contributed by atoms with Crippen LogP contribution in [0.3, 0.4) is 0 Å². The lowest BCUT2D eigenvalue weighted by molar-refractivity contribution is 0.166. The number of aliphatic hydroxyl groups is 1. The number of amides is 1. The number of carbonyl (C=O) groups is 1. The molecular weight excluding hydrogens is 298 g/mol. The van der Waals surface area contributed by atoms with Crippen molar-refractivity contribution in [2.24, 2.45) is 0 Å². The standard InChI is InChI=1S/C9H19NO3S4/c1-2-14-7-17-8-15-4-3-10-9(12)13-6-16-5-11/h11H,2-8H2,1H3,(H,10,12). The summed E-state index contributed by atoms with van der Waals surface area (Å²) in [5.41, 5.74) is 0. The number of ether oxygens (including phenoxy) is 1.